The zero-order valence-electron chi connectivity index (χ0n) is 11.1. The van der Waals surface area contributed by atoms with Gasteiger partial charge in [0.1, 0.15) is 11.8 Å². The molecule has 21 heavy (non-hydrogen) atoms. The molecule has 0 saturated carbocycles. The molecule has 1 saturated heterocycles. The van der Waals surface area contributed by atoms with Crippen molar-refractivity contribution in [2.75, 3.05) is 13.1 Å². The molecule has 0 aromatic carbocycles. The Morgan fingerprint density at radius 1 is 1.29 bits per heavy atom. The second-order valence-electron chi connectivity index (χ2n) is 4.68. The van der Waals surface area contributed by atoms with Crippen molar-refractivity contribution in [1.82, 2.24) is 19.9 Å². The van der Waals surface area contributed by atoms with Gasteiger partial charge in [-0.05, 0) is 12.1 Å². The highest BCUT2D eigenvalue weighted by Crippen LogP contribution is 2.16. The van der Waals surface area contributed by atoms with E-state index in [0.717, 1.165) is 12.4 Å². The summed E-state index contributed by atoms with van der Waals surface area (Å²) < 4.78 is 18.3. The molecule has 1 aliphatic heterocycles. The molecule has 1 fully saturated rings. The van der Waals surface area contributed by atoms with Crippen molar-refractivity contribution in [2.45, 2.75) is 12.5 Å². The molecule has 0 bridgehead atoms. The predicted octanol–water partition coefficient (Wildman–Crippen LogP) is 1.30. The Labute approximate surface area is 120 Å². The topological polar surface area (TPSA) is 68.2 Å². The minimum Gasteiger partial charge on any atom is -0.458 e. The monoisotopic (exact) mass is 288 g/mol. The normalized spacial score (nSPS) is 17.8. The van der Waals surface area contributed by atoms with Gasteiger partial charge < -0.3 is 9.64 Å². The highest BCUT2D eigenvalue weighted by Gasteiger charge is 2.29. The van der Waals surface area contributed by atoms with Crippen LogP contribution in [-0.4, -0.2) is 45.0 Å². The highest BCUT2D eigenvalue weighted by atomic mass is 19.1. The number of likely N-dealkylation sites (tertiary alicyclic amines) is 1. The second kappa shape index (κ2) is 5.82. The third-order valence-electron chi connectivity index (χ3n) is 3.18. The molecule has 1 aliphatic rings. The van der Waals surface area contributed by atoms with Gasteiger partial charge in [0.25, 0.3) is 5.91 Å². The fourth-order valence-corrected chi connectivity index (χ4v) is 2.17. The van der Waals surface area contributed by atoms with Gasteiger partial charge in [-0.1, -0.05) is 6.07 Å². The fraction of sp³-hybridized carbons (Fsp3) is 0.286. The molecule has 1 amide bonds. The van der Waals surface area contributed by atoms with Crippen molar-refractivity contribution < 1.29 is 13.9 Å². The van der Waals surface area contributed by atoms with E-state index in [2.05, 4.69) is 15.0 Å². The van der Waals surface area contributed by atoms with Crippen molar-refractivity contribution in [3.63, 3.8) is 0 Å². The number of carbonyl (C=O) groups excluding carboxylic acids is 1. The first-order chi connectivity index (χ1) is 10.2. The van der Waals surface area contributed by atoms with E-state index in [-0.39, 0.29) is 18.0 Å². The number of hydrogen-bond donors (Lipinski definition) is 0. The van der Waals surface area contributed by atoms with Crippen LogP contribution >= 0.6 is 0 Å². The molecule has 0 spiro atoms. The molecule has 0 N–H and O–H groups in total. The third-order valence-corrected chi connectivity index (χ3v) is 3.18. The first kappa shape index (κ1) is 13.4. The van der Waals surface area contributed by atoms with Crippen LogP contribution in [0.25, 0.3) is 0 Å². The number of amides is 1. The summed E-state index contributed by atoms with van der Waals surface area (Å²) in [4.78, 5) is 25.4. The molecule has 2 aromatic rings. The van der Waals surface area contributed by atoms with E-state index in [4.69, 9.17) is 4.74 Å². The fourth-order valence-electron chi connectivity index (χ4n) is 2.17. The minimum absolute atomic E-state index is 0.119. The highest BCUT2D eigenvalue weighted by molar-refractivity contribution is 5.92. The van der Waals surface area contributed by atoms with E-state index in [9.17, 15) is 9.18 Å². The number of halogens is 1. The first-order valence-corrected chi connectivity index (χ1v) is 6.57. The number of hydrogen-bond acceptors (Lipinski definition) is 5. The molecule has 1 atom stereocenters. The summed E-state index contributed by atoms with van der Waals surface area (Å²) in [6, 6.07) is 5.34. The van der Waals surface area contributed by atoms with Crippen LogP contribution in [0.2, 0.25) is 0 Å². The van der Waals surface area contributed by atoms with Crippen LogP contribution in [0.15, 0.2) is 36.8 Å². The lowest BCUT2D eigenvalue weighted by Crippen LogP contribution is -2.31. The number of aromatic nitrogens is 3. The van der Waals surface area contributed by atoms with Crippen molar-refractivity contribution in [3.8, 4) is 6.01 Å². The van der Waals surface area contributed by atoms with Gasteiger partial charge in [0.05, 0.1) is 18.9 Å². The Hall–Kier alpha value is -2.57. The largest absolute Gasteiger partial charge is 0.458 e. The summed E-state index contributed by atoms with van der Waals surface area (Å²) >= 11 is 0. The maximum atomic E-state index is 12.7. The Kier molecular flexibility index (Phi) is 3.72. The predicted molar refractivity (Wildman–Crippen MR) is 71.2 cm³/mol. The number of carbonyl (C=O) groups is 1. The summed E-state index contributed by atoms with van der Waals surface area (Å²) in [5.41, 5.74) is 0.413. The molecule has 6 nitrogen and oxygen atoms in total. The van der Waals surface area contributed by atoms with Crippen molar-refractivity contribution in [3.05, 3.63) is 48.3 Å². The SMILES string of the molecule is O=C(c1ccccn1)N1CC[C@H](Oc2ncc(F)cn2)C1. The molecule has 108 valence electrons. The number of pyridine rings is 1. The maximum absolute atomic E-state index is 12.7. The summed E-state index contributed by atoms with van der Waals surface area (Å²) in [6.45, 7) is 1.03. The van der Waals surface area contributed by atoms with Crippen LogP contribution in [0.3, 0.4) is 0 Å². The zero-order valence-corrected chi connectivity index (χ0v) is 11.1. The van der Waals surface area contributed by atoms with Crippen LogP contribution in [0.4, 0.5) is 4.39 Å². The minimum atomic E-state index is -0.513. The lowest BCUT2D eigenvalue weighted by Gasteiger charge is -2.16. The van der Waals surface area contributed by atoms with Crippen LogP contribution in [0, 0.1) is 5.82 Å². The summed E-state index contributed by atoms with van der Waals surface area (Å²) in [5.74, 6) is -0.637. The molecule has 2 aromatic heterocycles. The average Bonchev–Trinajstić information content (AvgIpc) is 2.98. The van der Waals surface area contributed by atoms with Gasteiger partial charge in [-0.3, -0.25) is 9.78 Å². The van der Waals surface area contributed by atoms with E-state index in [0.29, 0.717) is 25.2 Å². The molecule has 3 heterocycles. The van der Waals surface area contributed by atoms with Gasteiger partial charge in [-0.2, -0.15) is 0 Å². The van der Waals surface area contributed by atoms with Crippen LogP contribution in [0.1, 0.15) is 16.9 Å². The summed E-state index contributed by atoms with van der Waals surface area (Å²) in [6.07, 6.45) is 4.17. The van der Waals surface area contributed by atoms with Gasteiger partial charge in [0.2, 0.25) is 0 Å². The smallest absolute Gasteiger partial charge is 0.316 e. The van der Waals surface area contributed by atoms with Gasteiger partial charge >= 0.3 is 6.01 Å². The molecule has 0 unspecified atom stereocenters. The van der Waals surface area contributed by atoms with E-state index in [1.165, 1.54) is 0 Å². The second-order valence-corrected chi connectivity index (χ2v) is 4.68. The van der Waals surface area contributed by atoms with E-state index in [1.807, 2.05) is 0 Å². The Morgan fingerprint density at radius 3 is 2.81 bits per heavy atom. The molecular formula is C14H13FN4O2. The third kappa shape index (κ3) is 3.13. The lowest BCUT2D eigenvalue weighted by atomic mass is 10.3. The van der Waals surface area contributed by atoms with Crippen LogP contribution in [-0.2, 0) is 0 Å². The van der Waals surface area contributed by atoms with Gasteiger partial charge in [0.15, 0.2) is 5.82 Å². The zero-order chi connectivity index (χ0) is 14.7. The van der Waals surface area contributed by atoms with Crippen LogP contribution in [0.5, 0.6) is 6.01 Å². The number of ether oxygens (including phenoxy) is 1. The molecule has 0 radical (unpaired) electrons. The Balaban J connectivity index is 1.60. The van der Waals surface area contributed by atoms with Crippen molar-refractivity contribution >= 4 is 5.91 Å². The molecule has 0 aliphatic carbocycles. The quantitative estimate of drug-likeness (QED) is 0.851. The number of nitrogens with zero attached hydrogens (tertiary/aromatic N) is 4. The Bertz CT molecular complexity index is 621. The first-order valence-electron chi connectivity index (χ1n) is 6.57. The van der Waals surface area contributed by atoms with E-state index >= 15 is 0 Å². The van der Waals surface area contributed by atoms with E-state index in [1.54, 1.807) is 29.3 Å². The van der Waals surface area contributed by atoms with Gasteiger partial charge in [-0.25, -0.2) is 14.4 Å². The Morgan fingerprint density at radius 2 is 2.10 bits per heavy atom. The van der Waals surface area contributed by atoms with Crippen molar-refractivity contribution in [1.29, 1.82) is 0 Å². The lowest BCUT2D eigenvalue weighted by molar-refractivity contribution is 0.0764. The molecule has 7 heteroatoms. The average molecular weight is 288 g/mol. The van der Waals surface area contributed by atoms with E-state index < -0.39 is 5.82 Å². The maximum Gasteiger partial charge on any atom is 0.316 e. The van der Waals surface area contributed by atoms with Crippen molar-refractivity contribution in [2.24, 2.45) is 0 Å². The summed E-state index contributed by atoms with van der Waals surface area (Å²) in [7, 11) is 0. The molecule has 3 rings (SSSR count). The van der Waals surface area contributed by atoms with Crippen LogP contribution < -0.4 is 4.74 Å². The number of rotatable bonds is 3. The molecular weight excluding hydrogens is 275 g/mol. The van der Waals surface area contributed by atoms with Gasteiger partial charge in [0, 0.05) is 19.2 Å². The standard InChI is InChI=1S/C14H13FN4O2/c15-10-7-17-14(18-8-10)21-11-4-6-19(9-11)13(20)12-3-1-2-5-16-12/h1-3,5,7-8,11H,4,6,9H2/t11-/m0/s1. The summed E-state index contributed by atoms with van der Waals surface area (Å²) in [5, 5.41) is 0. The van der Waals surface area contributed by atoms with Gasteiger partial charge in [-0.15, -0.1) is 0 Å².